The summed E-state index contributed by atoms with van der Waals surface area (Å²) in [6.07, 6.45) is 3.43. The number of aromatic nitrogens is 4. The maximum Gasteiger partial charge on any atom is 0.212 e. The Labute approximate surface area is 210 Å². The average molecular weight is 494 g/mol. The molecular weight excluding hydrogens is 474 g/mol. The van der Waals surface area contributed by atoms with E-state index in [0.29, 0.717) is 35.0 Å². The van der Waals surface area contributed by atoms with Crippen molar-refractivity contribution in [3.63, 3.8) is 0 Å². The third-order valence-corrected chi connectivity index (χ3v) is 6.58. The van der Waals surface area contributed by atoms with Crippen molar-refractivity contribution in [2.45, 2.75) is 13.5 Å². The Balaban J connectivity index is 1.30. The van der Waals surface area contributed by atoms with Crippen LogP contribution < -0.4 is 9.47 Å². The molecule has 6 rings (SSSR count). The van der Waals surface area contributed by atoms with Gasteiger partial charge >= 0.3 is 0 Å². The van der Waals surface area contributed by atoms with E-state index in [4.69, 9.17) is 19.2 Å². The molecular formula is C27H19N5O3S. The van der Waals surface area contributed by atoms with Gasteiger partial charge in [0.05, 0.1) is 24.6 Å². The van der Waals surface area contributed by atoms with Crippen LogP contribution in [0.15, 0.2) is 71.4 Å². The summed E-state index contributed by atoms with van der Waals surface area (Å²) in [7, 11) is 1.63. The van der Waals surface area contributed by atoms with Crippen LogP contribution in [0.5, 0.6) is 11.5 Å². The van der Waals surface area contributed by atoms with E-state index in [9.17, 15) is 0 Å². The Morgan fingerprint density at radius 1 is 1.08 bits per heavy atom. The van der Waals surface area contributed by atoms with Crippen LogP contribution in [0.3, 0.4) is 0 Å². The Bertz CT molecular complexity index is 1730. The predicted molar refractivity (Wildman–Crippen MR) is 136 cm³/mol. The topological polar surface area (TPSA) is 98.5 Å². The molecule has 0 spiro atoms. The molecule has 0 aliphatic carbocycles. The Kier molecular flexibility index (Phi) is 5.36. The number of fused-ring (bicyclic) bond motifs is 2. The predicted octanol–water partition coefficient (Wildman–Crippen LogP) is 6.03. The number of pyridine rings is 1. The lowest BCUT2D eigenvalue weighted by atomic mass is 10.1. The van der Waals surface area contributed by atoms with Crippen molar-refractivity contribution in [2.75, 3.05) is 7.11 Å². The van der Waals surface area contributed by atoms with Gasteiger partial charge < -0.3 is 13.9 Å². The van der Waals surface area contributed by atoms with Crippen LogP contribution in [0.4, 0.5) is 0 Å². The second-order valence-corrected chi connectivity index (χ2v) is 9.30. The summed E-state index contributed by atoms with van der Waals surface area (Å²) in [5.41, 5.74) is 4.54. The molecule has 36 heavy (non-hydrogen) atoms. The van der Waals surface area contributed by atoms with Gasteiger partial charge in [0.25, 0.3) is 0 Å². The third kappa shape index (κ3) is 4.04. The summed E-state index contributed by atoms with van der Waals surface area (Å²) in [5, 5.41) is 15.3. The summed E-state index contributed by atoms with van der Waals surface area (Å²) in [4.78, 5) is 9.85. The lowest BCUT2D eigenvalue weighted by Crippen LogP contribution is -1.97. The van der Waals surface area contributed by atoms with Crippen molar-refractivity contribution >= 4 is 27.3 Å². The highest BCUT2D eigenvalue weighted by molar-refractivity contribution is 7.16. The molecule has 176 valence electrons. The number of ether oxygens (including phenoxy) is 2. The fraction of sp³-hybridized carbons (Fsp3) is 0.111. The summed E-state index contributed by atoms with van der Waals surface area (Å²) < 4.78 is 19.6. The van der Waals surface area contributed by atoms with Gasteiger partial charge in [0.1, 0.15) is 40.5 Å². The molecule has 8 nitrogen and oxygen atoms in total. The standard InChI is InChI=1S/C27H19N5O3S/c1-16-31-32-14-24(30-27(32)36-16)26-11-22-19(9-21(33-2)10-25(22)35-26)15-34-20-5-3-4-18(8-20)23-7-6-17(12-28)13-29-23/h3-11,13-14H,15H2,1-2H3. The number of nitriles is 1. The molecule has 0 fully saturated rings. The monoisotopic (exact) mass is 493 g/mol. The van der Waals surface area contributed by atoms with E-state index in [1.165, 1.54) is 11.3 Å². The number of aryl methyl sites for hydroxylation is 1. The highest BCUT2D eigenvalue weighted by Gasteiger charge is 2.16. The van der Waals surface area contributed by atoms with E-state index >= 15 is 0 Å². The number of hydrogen-bond donors (Lipinski definition) is 0. The summed E-state index contributed by atoms with van der Waals surface area (Å²) >= 11 is 1.53. The normalized spacial score (nSPS) is 11.1. The van der Waals surface area contributed by atoms with Crippen LogP contribution in [-0.2, 0) is 6.61 Å². The maximum atomic E-state index is 9.00. The molecule has 0 radical (unpaired) electrons. The largest absolute Gasteiger partial charge is 0.497 e. The van der Waals surface area contributed by atoms with E-state index in [2.05, 4.69) is 21.1 Å². The van der Waals surface area contributed by atoms with Gasteiger partial charge in [-0.3, -0.25) is 4.98 Å². The molecule has 0 aliphatic heterocycles. The number of benzene rings is 2. The minimum atomic E-state index is 0.315. The lowest BCUT2D eigenvalue weighted by molar-refractivity contribution is 0.307. The van der Waals surface area contributed by atoms with Crippen molar-refractivity contribution in [3.8, 4) is 40.3 Å². The smallest absolute Gasteiger partial charge is 0.212 e. The molecule has 4 aromatic heterocycles. The van der Waals surface area contributed by atoms with E-state index in [-0.39, 0.29) is 0 Å². The van der Waals surface area contributed by atoms with Crippen molar-refractivity contribution in [1.29, 1.82) is 5.26 Å². The Morgan fingerprint density at radius 2 is 2.00 bits per heavy atom. The molecule has 0 unspecified atom stereocenters. The first kappa shape index (κ1) is 21.8. The maximum absolute atomic E-state index is 9.00. The first-order valence-corrected chi connectivity index (χ1v) is 11.9. The zero-order valence-corrected chi connectivity index (χ0v) is 20.2. The Morgan fingerprint density at radius 3 is 2.78 bits per heavy atom. The molecule has 0 saturated heterocycles. The molecule has 0 N–H and O–H groups in total. The minimum absolute atomic E-state index is 0.315. The summed E-state index contributed by atoms with van der Waals surface area (Å²) in [5.74, 6) is 2.04. The number of furan rings is 1. The third-order valence-electron chi connectivity index (χ3n) is 5.75. The van der Waals surface area contributed by atoms with Gasteiger partial charge in [-0.25, -0.2) is 9.50 Å². The van der Waals surface area contributed by atoms with Crippen LogP contribution in [0.2, 0.25) is 0 Å². The number of hydrogen-bond acceptors (Lipinski definition) is 8. The van der Waals surface area contributed by atoms with Crippen molar-refractivity contribution in [2.24, 2.45) is 0 Å². The fourth-order valence-corrected chi connectivity index (χ4v) is 4.73. The molecule has 0 saturated carbocycles. The first-order valence-electron chi connectivity index (χ1n) is 11.1. The molecule has 9 heteroatoms. The van der Waals surface area contributed by atoms with Gasteiger partial charge in [-0.05, 0) is 43.3 Å². The molecule has 6 aromatic rings. The molecule has 2 aromatic carbocycles. The van der Waals surface area contributed by atoms with E-state index in [1.807, 2.05) is 61.7 Å². The van der Waals surface area contributed by atoms with E-state index in [1.54, 1.807) is 23.9 Å². The molecule has 0 bridgehead atoms. The van der Waals surface area contributed by atoms with Crippen molar-refractivity contribution < 1.29 is 13.9 Å². The number of methoxy groups -OCH3 is 1. The lowest BCUT2D eigenvalue weighted by Gasteiger charge is -2.10. The molecule has 0 aliphatic rings. The molecule has 4 heterocycles. The van der Waals surface area contributed by atoms with Gasteiger partial charge in [0.15, 0.2) is 5.76 Å². The summed E-state index contributed by atoms with van der Waals surface area (Å²) in [6.45, 7) is 2.27. The van der Waals surface area contributed by atoms with Gasteiger partial charge in [-0.2, -0.15) is 10.4 Å². The van der Waals surface area contributed by atoms with E-state index in [0.717, 1.165) is 37.9 Å². The zero-order valence-electron chi connectivity index (χ0n) is 19.4. The van der Waals surface area contributed by atoms with Gasteiger partial charge in [-0.1, -0.05) is 23.5 Å². The number of nitrogens with zero attached hydrogens (tertiary/aromatic N) is 5. The van der Waals surface area contributed by atoms with Crippen LogP contribution >= 0.6 is 11.3 Å². The van der Waals surface area contributed by atoms with Crippen LogP contribution in [0.25, 0.3) is 38.6 Å². The minimum Gasteiger partial charge on any atom is -0.497 e. The molecule has 0 atom stereocenters. The van der Waals surface area contributed by atoms with Crippen molar-refractivity contribution in [3.05, 3.63) is 83.1 Å². The SMILES string of the molecule is COc1cc(COc2cccc(-c3ccc(C#N)cn3)c2)c2cc(-c3cn4nc(C)sc4n3)oc2c1. The van der Waals surface area contributed by atoms with Gasteiger partial charge in [0, 0.05) is 28.8 Å². The number of rotatable bonds is 6. The van der Waals surface area contributed by atoms with Crippen LogP contribution in [0, 0.1) is 18.3 Å². The second kappa shape index (κ2) is 8.83. The fourth-order valence-electron chi connectivity index (χ4n) is 4.00. The van der Waals surface area contributed by atoms with Gasteiger partial charge in [0.2, 0.25) is 4.96 Å². The summed E-state index contributed by atoms with van der Waals surface area (Å²) in [6, 6.07) is 19.2. The van der Waals surface area contributed by atoms with Gasteiger partial charge in [-0.15, -0.1) is 0 Å². The first-order chi connectivity index (χ1) is 17.6. The highest BCUT2D eigenvalue weighted by Crippen LogP contribution is 2.34. The number of imidazole rings is 1. The zero-order chi connectivity index (χ0) is 24.6. The molecule has 0 amide bonds. The average Bonchev–Trinajstić information content (AvgIpc) is 3.60. The highest BCUT2D eigenvalue weighted by atomic mass is 32.1. The quantitative estimate of drug-likeness (QED) is 0.279. The van der Waals surface area contributed by atoms with E-state index < -0.39 is 0 Å². The van der Waals surface area contributed by atoms with Crippen molar-refractivity contribution in [1.82, 2.24) is 19.6 Å². The van der Waals surface area contributed by atoms with Crippen LogP contribution in [-0.4, -0.2) is 26.7 Å². The second-order valence-electron chi connectivity index (χ2n) is 8.14. The van der Waals surface area contributed by atoms with Crippen LogP contribution in [0.1, 0.15) is 16.1 Å². The Hall–Kier alpha value is -4.68.